The van der Waals surface area contributed by atoms with Crippen LogP contribution in [0, 0.1) is 0 Å². The topological polar surface area (TPSA) is 709 Å². The minimum absolute atomic E-state index is 0.150. The molecule has 0 spiro atoms. The monoisotopic (exact) mass is 1940 g/mol. The maximum Gasteiger partial charge on any atom is 0.220 e. The molecule has 0 saturated carbocycles. The van der Waals surface area contributed by atoms with Crippen LogP contribution >= 0.6 is 0 Å². The summed E-state index contributed by atoms with van der Waals surface area (Å²) < 4.78 is 96.6. The number of allylic oxidation sites excluding steroid dienone is 1. The van der Waals surface area contributed by atoms with Gasteiger partial charge in [-0.05, 0) is 26.2 Å². The fourth-order valence-corrected chi connectivity index (χ4v) is 18.1. The summed E-state index contributed by atoms with van der Waals surface area (Å²) in [6.45, 7) is 0.549. The number of carbonyl (C=O) groups excluding carboxylic acids is 4. The van der Waals surface area contributed by atoms with Crippen molar-refractivity contribution in [2.24, 2.45) is 0 Å². The average Bonchev–Trinajstić information content (AvgIpc) is 0.757. The van der Waals surface area contributed by atoms with Gasteiger partial charge in [0.2, 0.25) is 23.6 Å². The number of ether oxygens (including phenoxy) is 16. The molecule has 8 rings (SSSR count). The smallest absolute Gasteiger partial charge is 0.220 e. The standard InChI is InChI=1S/C88H156N4O42/c1-7-9-11-13-15-17-19-21-23-25-27-29-31-33-48(103)47(92-56(104)34-32-30-28-26-24-22-20-18-16-14-12-10-8-2)42-119-84-70(115)68(113)75(54(40-98)127-84)129-87-71(116)78(62(107)50(36-94)123-87)133-82-58(90-45(5)101)66(111)74(53(39-97)125-82)128-86-72(117)80(64(109)51(37-95)122-86)134-83-59(91-46(6)102)77(131-85-69(114)67(112)60(105)43(3)120-85)76(55(41-99)126-83)130-88-73(118)79(63(108)52(38-96)124-88)132-81-57(89-44(4)100)65(110)61(106)49(35-93)121-81/h31,33,43,47-55,57-88,93-99,103,105-118H,7-30,32,34-42H2,1-6H3,(H,89,100)(H,90,101)(H,91,102)(H,92,104)/b33-31+/t43?,47-,48+,49?,50?,51?,52?,53?,54?,55?,57?,58?,59?,60+,61+,62-,63-,64-,65+,66+,67?,68+,69-,70?,71?,72?,73?,74+,75+,76+,77+,78-,79-,80-,81-,82-,83-,84+,85+,86-,87-,88-/m0/s1. The molecule has 8 fully saturated rings. The summed E-state index contributed by atoms with van der Waals surface area (Å²) in [6, 6.07) is -6.71. The third-order valence-electron chi connectivity index (χ3n) is 25.8. The number of unbranched alkanes of at least 4 members (excludes halogenated alkanes) is 23. The summed E-state index contributed by atoms with van der Waals surface area (Å²) in [6.07, 6.45) is -44.4. The van der Waals surface area contributed by atoms with Gasteiger partial charge >= 0.3 is 0 Å². The highest BCUT2D eigenvalue weighted by Gasteiger charge is 2.61. The first-order valence-electron chi connectivity index (χ1n) is 47.8. The van der Waals surface area contributed by atoms with E-state index in [0.29, 0.717) is 12.8 Å². The molecule has 16 unspecified atom stereocenters. The Hall–Kier alpha value is -3.90. The van der Waals surface area contributed by atoms with Crippen LogP contribution in [0.1, 0.15) is 208 Å². The highest BCUT2D eigenvalue weighted by Crippen LogP contribution is 2.41. The van der Waals surface area contributed by atoms with Crippen LogP contribution in [0.3, 0.4) is 0 Å². The van der Waals surface area contributed by atoms with E-state index in [0.717, 1.165) is 78.6 Å². The number of hydrogen-bond donors (Lipinski definition) is 26. The van der Waals surface area contributed by atoms with E-state index in [1.54, 1.807) is 6.08 Å². The Kier molecular flexibility index (Phi) is 50.5. The molecule has 46 heteroatoms. The number of rotatable bonds is 56. The largest absolute Gasteiger partial charge is 0.394 e. The Bertz CT molecular complexity index is 3340. The molecule has 46 nitrogen and oxygen atoms in total. The van der Waals surface area contributed by atoms with Crippen molar-refractivity contribution >= 4 is 23.6 Å². The Balaban J connectivity index is 0.962. The Morgan fingerprint density at radius 2 is 0.619 bits per heavy atom. The van der Waals surface area contributed by atoms with Gasteiger partial charge in [-0.1, -0.05) is 167 Å². The number of aliphatic hydroxyl groups excluding tert-OH is 22. The summed E-state index contributed by atoms with van der Waals surface area (Å²) in [7, 11) is 0. The number of hydrogen-bond acceptors (Lipinski definition) is 42. The van der Waals surface area contributed by atoms with Gasteiger partial charge in [0.25, 0.3) is 0 Å². The Morgan fingerprint density at radius 3 is 1.04 bits per heavy atom. The van der Waals surface area contributed by atoms with Crippen LogP contribution in [0.5, 0.6) is 0 Å². The van der Waals surface area contributed by atoms with Crippen molar-refractivity contribution in [1.29, 1.82) is 0 Å². The van der Waals surface area contributed by atoms with Crippen molar-refractivity contribution in [3.63, 3.8) is 0 Å². The van der Waals surface area contributed by atoms with E-state index >= 15 is 0 Å². The minimum Gasteiger partial charge on any atom is -0.394 e. The van der Waals surface area contributed by atoms with Gasteiger partial charge in [-0.2, -0.15) is 0 Å². The number of nitrogens with one attached hydrogen (secondary N) is 4. The minimum atomic E-state index is -2.41. The lowest BCUT2D eigenvalue weighted by Crippen LogP contribution is -2.72. The van der Waals surface area contributed by atoms with Crippen LogP contribution in [0.4, 0.5) is 0 Å². The summed E-state index contributed by atoms with van der Waals surface area (Å²) >= 11 is 0. The fourth-order valence-electron chi connectivity index (χ4n) is 18.1. The summed E-state index contributed by atoms with van der Waals surface area (Å²) in [4.78, 5) is 52.7. The molecule has 134 heavy (non-hydrogen) atoms. The molecule has 8 heterocycles. The van der Waals surface area contributed by atoms with Crippen LogP contribution in [0.25, 0.3) is 0 Å². The first-order chi connectivity index (χ1) is 64.1. The molecule has 780 valence electrons. The molecule has 8 saturated heterocycles. The maximum absolute atomic E-state index is 13.6. The van der Waals surface area contributed by atoms with E-state index < -0.39 is 328 Å². The van der Waals surface area contributed by atoms with E-state index in [9.17, 15) is 132 Å². The van der Waals surface area contributed by atoms with Crippen molar-refractivity contribution in [2.45, 2.75) is 466 Å². The van der Waals surface area contributed by atoms with Crippen molar-refractivity contribution in [2.75, 3.05) is 52.9 Å². The Morgan fingerprint density at radius 1 is 0.306 bits per heavy atom. The number of aliphatic hydroxyl groups is 22. The van der Waals surface area contributed by atoms with E-state index in [4.69, 9.17) is 75.8 Å². The lowest BCUT2D eigenvalue weighted by molar-refractivity contribution is -0.396. The predicted molar refractivity (Wildman–Crippen MR) is 460 cm³/mol. The highest BCUT2D eigenvalue weighted by molar-refractivity contribution is 5.76. The van der Waals surface area contributed by atoms with Crippen LogP contribution < -0.4 is 21.3 Å². The predicted octanol–water partition coefficient (Wildman–Crippen LogP) is -6.38. The lowest BCUT2D eigenvalue weighted by atomic mass is 9.93. The lowest BCUT2D eigenvalue weighted by Gasteiger charge is -2.52. The second-order valence-corrected chi connectivity index (χ2v) is 36.3. The maximum atomic E-state index is 13.6. The van der Waals surface area contributed by atoms with Gasteiger partial charge in [-0.15, -0.1) is 0 Å². The van der Waals surface area contributed by atoms with E-state index in [1.165, 1.54) is 96.8 Å². The molecule has 8 aliphatic rings. The summed E-state index contributed by atoms with van der Waals surface area (Å²) in [5.74, 6) is -3.07. The van der Waals surface area contributed by atoms with Gasteiger partial charge in [0, 0.05) is 27.2 Å². The molecule has 0 bridgehead atoms. The van der Waals surface area contributed by atoms with E-state index in [-0.39, 0.29) is 12.3 Å². The molecule has 0 aromatic rings. The molecule has 0 radical (unpaired) electrons. The molecule has 0 aliphatic carbocycles. The second kappa shape index (κ2) is 58.6. The normalized spacial score (nSPS) is 39.9. The van der Waals surface area contributed by atoms with Crippen LogP contribution in [0.2, 0.25) is 0 Å². The first kappa shape index (κ1) is 115. The molecule has 4 amide bonds. The van der Waals surface area contributed by atoms with Gasteiger partial charge < -0.3 is 209 Å². The van der Waals surface area contributed by atoms with Crippen LogP contribution in [0.15, 0.2) is 12.2 Å². The Labute approximate surface area is 780 Å². The van der Waals surface area contributed by atoms with Crippen LogP contribution in [-0.4, -0.2) is 446 Å². The fraction of sp³-hybridized carbons (Fsp3) is 0.932. The molecule has 0 aromatic heterocycles. The van der Waals surface area contributed by atoms with E-state index in [1.807, 2.05) is 6.08 Å². The zero-order valence-electron chi connectivity index (χ0n) is 77.4. The molecular weight excluding hydrogens is 1780 g/mol. The van der Waals surface area contributed by atoms with Crippen molar-refractivity contribution in [3.05, 3.63) is 12.2 Å². The van der Waals surface area contributed by atoms with Crippen LogP contribution in [-0.2, 0) is 95.0 Å². The highest BCUT2D eigenvalue weighted by atomic mass is 16.8. The molecule has 42 atom stereocenters. The third-order valence-corrected chi connectivity index (χ3v) is 25.8. The van der Waals surface area contributed by atoms with Gasteiger partial charge in [0.15, 0.2) is 50.3 Å². The summed E-state index contributed by atoms with van der Waals surface area (Å²) in [5, 5.41) is 260. The molecular formula is C88H156N4O42. The van der Waals surface area contributed by atoms with Gasteiger partial charge in [0.05, 0.1) is 71.1 Å². The van der Waals surface area contributed by atoms with Crippen molar-refractivity contribution in [3.8, 4) is 0 Å². The van der Waals surface area contributed by atoms with Crippen molar-refractivity contribution < 1.29 is 207 Å². The zero-order chi connectivity index (χ0) is 98.2. The van der Waals surface area contributed by atoms with Gasteiger partial charge in [0.1, 0.15) is 189 Å². The SMILES string of the molecule is CCCCCCCCCCCCC/C=C/[C@@H](O)[C@H](CO[C@@H]1OC(CO)[C@@H](O[C@@H]2OC(CO)[C@H](O)[C@H](O[C@@H]3OC(CO)[C@@H](O[C@@H]4OC(CO)[C@H](O)[C@H](O[C@@H]5OC(CO)[C@@H](O[C@@H]6OC(CO)[C@H](O)[C@H](O[C@@H]7OC(CO)[C@@H](O)[C@H](O)C7NC(C)=O)C6O)[C@H](O[C@H]6OC(C)[C@@H](O)C(O)[C@@H]6O)C5NC(C)=O)C4O)[C@H](O)C3NC(C)=O)C2O)[C@H](O)C1O)NC(=O)CCCCCCCCCCCCCCC. The molecule has 26 N–H and O–H groups in total. The number of amides is 4. The quantitative estimate of drug-likeness (QED) is 0.0199. The van der Waals surface area contributed by atoms with Gasteiger partial charge in [-0.3, -0.25) is 19.2 Å². The molecule has 0 aromatic carbocycles. The van der Waals surface area contributed by atoms with Gasteiger partial charge in [-0.25, -0.2) is 0 Å². The first-order valence-corrected chi connectivity index (χ1v) is 47.8. The van der Waals surface area contributed by atoms with E-state index in [2.05, 4.69) is 35.1 Å². The average molecular weight is 1940 g/mol. The summed E-state index contributed by atoms with van der Waals surface area (Å²) in [5.41, 5.74) is 0. The third kappa shape index (κ3) is 32.3. The molecule has 8 aliphatic heterocycles. The zero-order valence-corrected chi connectivity index (χ0v) is 77.4. The van der Waals surface area contributed by atoms with Crippen molar-refractivity contribution in [1.82, 2.24) is 21.3 Å². The number of carbonyl (C=O) groups is 4. The second-order valence-electron chi connectivity index (χ2n) is 36.3.